The Morgan fingerprint density at radius 1 is 1.73 bits per heavy atom. The maximum absolute atomic E-state index is 12.0. The Morgan fingerprint density at radius 3 is 2.64 bits per heavy atom. The fraction of sp³-hybridized carbons (Fsp3) is 0.714. The van der Waals surface area contributed by atoms with Crippen LogP contribution in [0.3, 0.4) is 0 Å². The van der Waals surface area contributed by atoms with E-state index in [2.05, 4.69) is 0 Å². The third-order valence-electron chi connectivity index (χ3n) is 2.02. The lowest BCUT2D eigenvalue weighted by Gasteiger charge is -2.14. The summed E-state index contributed by atoms with van der Waals surface area (Å²) in [4.78, 5) is 1.73. The second-order valence-corrected chi connectivity index (χ2v) is 2.82. The van der Waals surface area contributed by atoms with Gasteiger partial charge in [-0.1, -0.05) is 0 Å². The molecule has 1 heterocycles. The van der Waals surface area contributed by atoms with E-state index in [0.29, 0.717) is 6.42 Å². The molecule has 2 nitrogen and oxygen atoms in total. The van der Waals surface area contributed by atoms with Crippen LogP contribution in [0.4, 0.5) is 8.78 Å². The van der Waals surface area contributed by atoms with Gasteiger partial charge < -0.3 is 5.11 Å². The van der Waals surface area contributed by atoms with Gasteiger partial charge in [0, 0.05) is 18.2 Å². The molecule has 0 aromatic heterocycles. The highest BCUT2D eigenvalue weighted by Gasteiger charge is 2.26. The highest BCUT2D eigenvalue weighted by molar-refractivity contribution is 5.12. The largest absolute Gasteiger partial charge is 0.395 e. The van der Waals surface area contributed by atoms with Gasteiger partial charge in [-0.3, -0.25) is 4.90 Å². The third-order valence-corrected chi connectivity index (χ3v) is 2.02. The van der Waals surface area contributed by atoms with Gasteiger partial charge in [0.25, 0.3) is 6.08 Å². The van der Waals surface area contributed by atoms with E-state index < -0.39 is 6.08 Å². The smallest absolute Gasteiger partial charge is 0.270 e. The summed E-state index contributed by atoms with van der Waals surface area (Å²) in [5, 5.41) is 8.73. The van der Waals surface area contributed by atoms with Crippen LogP contribution in [0.15, 0.2) is 11.7 Å². The number of halogens is 2. The number of aliphatic hydroxyl groups excluding tert-OH is 1. The summed E-state index contributed by atoms with van der Waals surface area (Å²) in [5.41, 5.74) is 0.159. The molecule has 0 bridgehead atoms. The van der Waals surface area contributed by atoms with Crippen LogP contribution in [0.5, 0.6) is 0 Å². The van der Waals surface area contributed by atoms with E-state index in [1.807, 2.05) is 0 Å². The van der Waals surface area contributed by atoms with Gasteiger partial charge in [-0.25, -0.2) is 0 Å². The molecule has 1 fully saturated rings. The van der Waals surface area contributed by atoms with E-state index in [4.69, 9.17) is 5.11 Å². The van der Waals surface area contributed by atoms with Crippen LogP contribution in [0.25, 0.3) is 0 Å². The summed E-state index contributed by atoms with van der Waals surface area (Å²) in [5.74, 6) is 0. The molecule has 11 heavy (non-hydrogen) atoms. The number of hydrogen-bond acceptors (Lipinski definition) is 2. The molecule has 0 aliphatic carbocycles. The van der Waals surface area contributed by atoms with Crippen molar-refractivity contribution in [2.45, 2.75) is 12.5 Å². The van der Waals surface area contributed by atoms with Crippen molar-refractivity contribution >= 4 is 0 Å². The Morgan fingerprint density at radius 2 is 2.36 bits per heavy atom. The molecular formula is C7H11F2NO. The van der Waals surface area contributed by atoms with Gasteiger partial charge in [0.1, 0.15) is 0 Å². The Bertz CT molecular complexity index is 177. The van der Waals surface area contributed by atoms with E-state index in [1.54, 1.807) is 11.9 Å². The molecule has 0 unspecified atom stereocenters. The molecule has 1 aliphatic heterocycles. The number of aliphatic hydroxyl groups is 1. The van der Waals surface area contributed by atoms with Crippen molar-refractivity contribution < 1.29 is 13.9 Å². The first-order chi connectivity index (χ1) is 5.15. The van der Waals surface area contributed by atoms with Gasteiger partial charge in [0.2, 0.25) is 0 Å². The molecule has 4 heteroatoms. The van der Waals surface area contributed by atoms with Gasteiger partial charge in [-0.15, -0.1) is 0 Å². The number of likely N-dealkylation sites (tertiary alicyclic amines) is 1. The fourth-order valence-corrected chi connectivity index (χ4v) is 1.28. The van der Waals surface area contributed by atoms with Crippen LogP contribution < -0.4 is 0 Å². The standard InChI is InChI=1S/C7H11F2NO/c1-10-3-5(7(8)9)2-6(10)4-11/h6,11H,2-4H2,1H3/t6-/m0/s1. The van der Waals surface area contributed by atoms with Gasteiger partial charge in [-0.05, 0) is 13.5 Å². The summed E-state index contributed by atoms with van der Waals surface area (Å²) >= 11 is 0. The molecule has 1 N–H and O–H groups in total. The zero-order chi connectivity index (χ0) is 8.43. The lowest BCUT2D eigenvalue weighted by atomic mass is 10.2. The van der Waals surface area contributed by atoms with Crippen LogP contribution in [-0.2, 0) is 0 Å². The first kappa shape index (κ1) is 8.62. The second kappa shape index (κ2) is 3.28. The molecule has 1 aliphatic rings. The lowest BCUT2D eigenvalue weighted by molar-refractivity contribution is 0.182. The zero-order valence-corrected chi connectivity index (χ0v) is 6.35. The van der Waals surface area contributed by atoms with Crippen LogP contribution >= 0.6 is 0 Å². The predicted molar refractivity (Wildman–Crippen MR) is 37.4 cm³/mol. The molecule has 64 valence electrons. The topological polar surface area (TPSA) is 23.5 Å². The minimum Gasteiger partial charge on any atom is -0.395 e. The molecule has 1 saturated heterocycles. The maximum atomic E-state index is 12.0. The van der Waals surface area contributed by atoms with Crippen LogP contribution in [0, 0.1) is 0 Å². The summed E-state index contributed by atoms with van der Waals surface area (Å²) in [6.07, 6.45) is -1.29. The van der Waals surface area contributed by atoms with E-state index >= 15 is 0 Å². The SMILES string of the molecule is CN1CC(=C(F)F)C[C@H]1CO. The molecule has 1 atom stereocenters. The monoisotopic (exact) mass is 163 g/mol. The lowest BCUT2D eigenvalue weighted by Crippen LogP contribution is -2.27. The Hall–Kier alpha value is -0.480. The molecule has 1 rings (SSSR count). The maximum Gasteiger partial charge on any atom is 0.270 e. The average molecular weight is 163 g/mol. The first-order valence-electron chi connectivity index (χ1n) is 3.49. The second-order valence-electron chi connectivity index (χ2n) is 2.82. The Labute approximate surface area is 64.1 Å². The normalized spacial score (nSPS) is 26.2. The third kappa shape index (κ3) is 1.75. The Balaban J connectivity index is 2.64. The summed E-state index contributed by atoms with van der Waals surface area (Å²) in [6.45, 7) is 0.237. The van der Waals surface area contributed by atoms with Gasteiger partial charge in [0.05, 0.1) is 6.61 Å². The highest BCUT2D eigenvalue weighted by atomic mass is 19.3. The molecule has 0 radical (unpaired) electrons. The van der Waals surface area contributed by atoms with Crippen LogP contribution in [-0.4, -0.2) is 36.2 Å². The number of hydrogen-bond donors (Lipinski definition) is 1. The zero-order valence-electron chi connectivity index (χ0n) is 6.35. The molecule has 0 aromatic carbocycles. The molecule has 0 saturated carbocycles. The average Bonchev–Trinajstić information content (AvgIpc) is 2.31. The van der Waals surface area contributed by atoms with Crippen LogP contribution in [0.1, 0.15) is 6.42 Å². The van der Waals surface area contributed by atoms with Crippen molar-refractivity contribution in [2.24, 2.45) is 0 Å². The minimum atomic E-state index is -1.59. The summed E-state index contributed by atoms with van der Waals surface area (Å²) in [6, 6.07) is -0.119. The first-order valence-corrected chi connectivity index (χ1v) is 3.49. The van der Waals surface area contributed by atoms with E-state index in [0.717, 1.165) is 0 Å². The molecule has 0 aromatic rings. The molecule has 0 amide bonds. The number of nitrogens with zero attached hydrogens (tertiary/aromatic N) is 1. The van der Waals surface area contributed by atoms with Crippen LogP contribution in [0.2, 0.25) is 0 Å². The van der Waals surface area contributed by atoms with E-state index in [-0.39, 0.29) is 24.8 Å². The van der Waals surface area contributed by atoms with Gasteiger partial charge in [-0.2, -0.15) is 8.78 Å². The quantitative estimate of drug-likeness (QED) is 0.619. The summed E-state index contributed by atoms with van der Waals surface area (Å²) < 4.78 is 24.0. The molecule has 0 spiro atoms. The molecular weight excluding hydrogens is 152 g/mol. The van der Waals surface area contributed by atoms with Gasteiger partial charge in [0.15, 0.2) is 0 Å². The van der Waals surface area contributed by atoms with Crippen molar-refractivity contribution in [3.63, 3.8) is 0 Å². The number of rotatable bonds is 1. The number of likely N-dealkylation sites (N-methyl/N-ethyl adjacent to an activating group) is 1. The predicted octanol–water partition coefficient (Wildman–Crippen LogP) is 0.833. The van der Waals surface area contributed by atoms with Crippen molar-refractivity contribution in [2.75, 3.05) is 20.2 Å². The van der Waals surface area contributed by atoms with E-state index in [9.17, 15) is 8.78 Å². The van der Waals surface area contributed by atoms with Crippen molar-refractivity contribution in [3.8, 4) is 0 Å². The summed E-state index contributed by atoms with van der Waals surface area (Å²) in [7, 11) is 1.73. The fourth-order valence-electron chi connectivity index (χ4n) is 1.28. The minimum absolute atomic E-state index is 0.0483. The van der Waals surface area contributed by atoms with Crippen molar-refractivity contribution in [1.82, 2.24) is 4.90 Å². The van der Waals surface area contributed by atoms with Crippen molar-refractivity contribution in [3.05, 3.63) is 11.7 Å². The van der Waals surface area contributed by atoms with E-state index in [1.165, 1.54) is 0 Å². The van der Waals surface area contributed by atoms with Crippen molar-refractivity contribution in [1.29, 1.82) is 0 Å². The highest BCUT2D eigenvalue weighted by Crippen LogP contribution is 2.24. The van der Waals surface area contributed by atoms with Gasteiger partial charge >= 0.3 is 0 Å². The Kier molecular flexibility index (Phi) is 2.57.